The van der Waals surface area contributed by atoms with Gasteiger partial charge in [-0.1, -0.05) is 0 Å². The zero-order valence-corrected chi connectivity index (χ0v) is 11.5. The predicted molar refractivity (Wildman–Crippen MR) is 72.9 cm³/mol. The van der Waals surface area contributed by atoms with Crippen LogP contribution in [0.3, 0.4) is 0 Å². The molecule has 0 unspecified atom stereocenters. The summed E-state index contributed by atoms with van der Waals surface area (Å²) in [6.45, 7) is 1.89. The van der Waals surface area contributed by atoms with Crippen LogP contribution in [0.2, 0.25) is 0 Å². The largest absolute Gasteiger partial charge is 0.388 e. The molecule has 2 aromatic rings. The average molecular weight is 295 g/mol. The lowest BCUT2D eigenvalue weighted by Gasteiger charge is -2.14. The van der Waals surface area contributed by atoms with E-state index in [2.05, 4.69) is 9.97 Å². The number of thiophene rings is 1. The van der Waals surface area contributed by atoms with Gasteiger partial charge in [-0.05, 0) is 12.5 Å². The molecule has 2 aromatic heterocycles. The van der Waals surface area contributed by atoms with E-state index < -0.39 is 12.2 Å². The number of hydrogen-bond donors (Lipinski definition) is 3. The average Bonchev–Trinajstić information content (AvgIpc) is 2.91. The van der Waals surface area contributed by atoms with Gasteiger partial charge in [0.2, 0.25) is 0 Å². The van der Waals surface area contributed by atoms with Gasteiger partial charge in [0.15, 0.2) is 0 Å². The summed E-state index contributed by atoms with van der Waals surface area (Å²) in [5, 5.41) is 19.4. The molecule has 2 atom stereocenters. The summed E-state index contributed by atoms with van der Waals surface area (Å²) in [4.78, 5) is 33.0. The van der Waals surface area contributed by atoms with Crippen molar-refractivity contribution in [1.82, 2.24) is 14.9 Å². The number of fused-ring (bicyclic) bond motifs is 1. The second-order valence-corrected chi connectivity index (χ2v) is 5.81. The van der Waals surface area contributed by atoms with Crippen molar-refractivity contribution in [3.05, 3.63) is 27.1 Å². The maximum absolute atomic E-state index is 12.4. The van der Waals surface area contributed by atoms with Crippen molar-refractivity contribution in [3.8, 4) is 0 Å². The Labute approximate surface area is 117 Å². The van der Waals surface area contributed by atoms with Crippen molar-refractivity contribution in [2.45, 2.75) is 19.1 Å². The maximum Gasteiger partial charge on any atom is 0.264 e. The first-order chi connectivity index (χ1) is 9.49. The number of aromatic nitrogens is 2. The molecule has 0 bridgehead atoms. The highest BCUT2D eigenvalue weighted by molar-refractivity contribution is 7.20. The molecule has 0 aliphatic carbocycles. The molecule has 106 valence electrons. The number of aliphatic hydroxyl groups excluding tert-OH is 2. The van der Waals surface area contributed by atoms with Crippen molar-refractivity contribution in [1.29, 1.82) is 0 Å². The molecule has 1 aliphatic heterocycles. The Hall–Kier alpha value is -1.77. The fourth-order valence-corrected chi connectivity index (χ4v) is 3.48. The van der Waals surface area contributed by atoms with Crippen molar-refractivity contribution >= 4 is 27.5 Å². The molecule has 1 saturated heterocycles. The van der Waals surface area contributed by atoms with Crippen LogP contribution in [0.25, 0.3) is 10.2 Å². The minimum absolute atomic E-state index is 0.0947. The molecular formula is C12H13N3O4S. The zero-order chi connectivity index (χ0) is 14.4. The van der Waals surface area contributed by atoms with E-state index >= 15 is 0 Å². The highest BCUT2D eigenvalue weighted by Gasteiger charge is 2.34. The Kier molecular flexibility index (Phi) is 3.08. The fraction of sp³-hybridized carbons (Fsp3) is 0.417. The minimum Gasteiger partial charge on any atom is -0.388 e. The van der Waals surface area contributed by atoms with Crippen LogP contribution in [-0.4, -0.2) is 56.3 Å². The first kappa shape index (κ1) is 13.2. The SMILES string of the molecule is Cc1c(C(=O)N2C[C@@H](O)[C@@H](O)C2)sc2nc[nH]c(=O)c12. The van der Waals surface area contributed by atoms with E-state index in [1.54, 1.807) is 6.92 Å². The molecule has 1 aliphatic rings. The smallest absolute Gasteiger partial charge is 0.264 e. The van der Waals surface area contributed by atoms with Crippen LogP contribution in [0.1, 0.15) is 15.2 Å². The number of amides is 1. The number of aliphatic hydroxyl groups is 2. The Bertz CT molecular complexity index is 728. The Balaban J connectivity index is 2.03. The summed E-state index contributed by atoms with van der Waals surface area (Å²) in [6, 6.07) is 0. The van der Waals surface area contributed by atoms with Crippen LogP contribution >= 0.6 is 11.3 Å². The van der Waals surface area contributed by atoms with E-state index in [-0.39, 0.29) is 24.6 Å². The number of hydrogen-bond acceptors (Lipinski definition) is 6. The van der Waals surface area contributed by atoms with Crippen LogP contribution in [0.4, 0.5) is 0 Å². The Morgan fingerprint density at radius 2 is 2.10 bits per heavy atom. The third kappa shape index (κ3) is 1.92. The highest BCUT2D eigenvalue weighted by Crippen LogP contribution is 2.28. The molecule has 20 heavy (non-hydrogen) atoms. The normalized spacial score (nSPS) is 22.6. The number of nitrogens with one attached hydrogen (secondary N) is 1. The van der Waals surface area contributed by atoms with E-state index in [0.29, 0.717) is 20.7 Å². The summed E-state index contributed by atoms with van der Waals surface area (Å²) < 4.78 is 0. The molecule has 7 nitrogen and oxygen atoms in total. The monoisotopic (exact) mass is 295 g/mol. The number of aromatic amines is 1. The molecule has 0 spiro atoms. The van der Waals surface area contributed by atoms with Gasteiger partial charge in [-0.3, -0.25) is 9.59 Å². The van der Waals surface area contributed by atoms with Crippen LogP contribution < -0.4 is 5.56 Å². The van der Waals surface area contributed by atoms with E-state index in [4.69, 9.17) is 0 Å². The zero-order valence-electron chi connectivity index (χ0n) is 10.7. The maximum atomic E-state index is 12.4. The third-order valence-corrected chi connectivity index (χ3v) is 4.66. The molecule has 8 heteroatoms. The van der Waals surface area contributed by atoms with E-state index in [9.17, 15) is 19.8 Å². The van der Waals surface area contributed by atoms with Gasteiger partial charge in [-0.15, -0.1) is 11.3 Å². The van der Waals surface area contributed by atoms with E-state index in [1.807, 2.05) is 0 Å². The second kappa shape index (κ2) is 4.65. The Morgan fingerprint density at radius 1 is 1.45 bits per heavy atom. The molecule has 3 rings (SSSR count). The summed E-state index contributed by atoms with van der Waals surface area (Å²) in [5.74, 6) is -0.291. The minimum atomic E-state index is -0.921. The van der Waals surface area contributed by atoms with Gasteiger partial charge >= 0.3 is 0 Å². The number of carbonyl (C=O) groups is 1. The van der Waals surface area contributed by atoms with Crippen molar-refractivity contribution in [3.63, 3.8) is 0 Å². The summed E-state index contributed by atoms with van der Waals surface area (Å²) in [7, 11) is 0. The lowest BCUT2D eigenvalue weighted by atomic mass is 10.2. The topological polar surface area (TPSA) is 107 Å². The lowest BCUT2D eigenvalue weighted by molar-refractivity contribution is 0.0572. The van der Waals surface area contributed by atoms with Crippen molar-refractivity contribution in [2.75, 3.05) is 13.1 Å². The quantitative estimate of drug-likeness (QED) is 0.656. The van der Waals surface area contributed by atoms with Crippen molar-refractivity contribution < 1.29 is 15.0 Å². The molecule has 1 fully saturated rings. The number of rotatable bonds is 1. The number of β-amino-alcohol motifs (C(OH)–C–C–N with tert-alkyl or cyclic N) is 2. The first-order valence-electron chi connectivity index (χ1n) is 6.11. The van der Waals surface area contributed by atoms with Gasteiger partial charge in [-0.2, -0.15) is 0 Å². The van der Waals surface area contributed by atoms with Gasteiger partial charge in [-0.25, -0.2) is 4.98 Å². The lowest BCUT2D eigenvalue weighted by Crippen LogP contribution is -2.29. The fourth-order valence-electron chi connectivity index (χ4n) is 2.36. The van der Waals surface area contributed by atoms with Gasteiger partial charge in [0.1, 0.15) is 4.83 Å². The van der Waals surface area contributed by atoms with Crippen LogP contribution in [0.15, 0.2) is 11.1 Å². The van der Waals surface area contributed by atoms with E-state index in [1.165, 1.54) is 11.2 Å². The Morgan fingerprint density at radius 3 is 2.70 bits per heavy atom. The van der Waals surface area contributed by atoms with Crippen LogP contribution in [0, 0.1) is 6.92 Å². The second-order valence-electron chi connectivity index (χ2n) is 4.81. The van der Waals surface area contributed by atoms with Gasteiger partial charge in [0.05, 0.1) is 28.8 Å². The standard InChI is InChI=1S/C12H13N3O4S/c1-5-8-10(18)13-4-14-11(8)20-9(5)12(19)15-2-6(16)7(17)3-15/h4,6-7,16-17H,2-3H2,1H3,(H,13,14,18)/t6-,7+. The molecule has 3 N–H and O–H groups in total. The number of nitrogens with zero attached hydrogens (tertiary/aromatic N) is 2. The van der Waals surface area contributed by atoms with Crippen molar-refractivity contribution in [2.24, 2.45) is 0 Å². The van der Waals surface area contributed by atoms with Gasteiger partial charge < -0.3 is 20.1 Å². The molecule has 3 heterocycles. The van der Waals surface area contributed by atoms with Gasteiger partial charge in [0.25, 0.3) is 11.5 Å². The molecule has 1 amide bonds. The molecule has 0 saturated carbocycles. The number of aryl methyl sites for hydroxylation is 1. The van der Waals surface area contributed by atoms with Crippen LogP contribution in [0.5, 0.6) is 0 Å². The number of H-pyrrole nitrogens is 1. The molecular weight excluding hydrogens is 282 g/mol. The van der Waals surface area contributed by atoms with E-state index in [0.717, 1.165) is 11.3 Å². The first-order valence-corrected chi connectivity index (χ1v) is 6.93. The third-order valence-electron chi connectivity index (χ3n) is 3.47. The molecule has 0 aromatic carbocycles. The van der Waals surface area contributed by atoms with Crippen LogP contribution in [-0.2, 0) is 0 Å². The summed E-state index contributed by atoms with van der Waals surface area (Å²) in [6.07, 6.45) is -0.538. The van der Waals surface area contributed by atoms with Gasteiger partial charge in [0, 0.05) is 13.1 Å². The number of carbonyl (C=O) groups excluding carboxylic acids is 1. The predicted octanol–water partition coefficient (Wildman–Crippen LogP) is -0.529. The summed E-state index contributed by atoms with van der Waals surface area (Å²) in [5.41, 5.74) is 0.310. The molecule has 0 radical (unpaired) electrons. The highest BCUT2D eigenvalue weighted by atomic mass is 32.1. The number of likely N-dealkylation sites (tertiary alicyclic amines) is 1. The summed E-state index contributed by atoms with van der Waals surface area (Å²) >= 11 is 1.15.